The first-order chi connectivity index (χ1) is 10.2. The van der Waals surface area contributed by atoms with Crippen molar-refractivity contribution in [3.05, 3.63) is 22.8 Å². The van der Waals surface area contributed by atoms with Crippen LogP contribution in [0.2, 0.25) is 0 Å². The van der Waals surface area contributed by atoms with Gasteiger partial charge in [0.1, 0.15) is 42.0 Å². The first-order valence-electron chi connectivity index (χ1n) is 6.55. The highest BCUT2D eigenvalue weighted by Gasteiger charge is 2.26. The summed E-state index contributed by atoms with van der Waals surface area (Å²) in [7, 11) is 0. The molecule has 22 heavy (non-hydrogen) atoms. The fourth-order valence-electron chi connectivity index (χ4n) is 1.84. The minimum absolute atomic E-state index is 0.167. The zero-order valence-electron chi connectivity index (χ0n) is 12.2. The zero-order valence-corrected chi connectivity index (χ0v) is 12.2. The number of hydrogen-bond acceptors (Lipinski definition) is 8. The van der Waals surface area contributed by atoms with Gasteiger partial charge in [-0.05, 0) is 25.0 Å². The molecule has 8 nitrogen and oxygen atoms in total. The summed E-state index contributed by atoms with van der Waals surface area (Å²) in [6.45, 7) is 1.66. The third-order valence-corrected chi connectivity index (χ3v) is 3.42. The van der Waals surface area contributed by atoms with Crippen LogP contribution in [0.3, 0.4) is 0 Å². The number of rotatable bonds is 6. The average Bonchev–Trinajstić information content (AvgIpc) is 2.48. The van der Waals surface area contributed by atoms with Crippen molar-refractivity contribution >= 4 is 5.97 Å². The number of aromatic hydroxyl groups is 2. The number of hydrogen-bond donors (Lipinski definition) is 6. The van der Waals surface area contributed by atoms with Crippen LogP contribution in [0.4, 0.5) is 0 Å². The van der Waals surface area contributed by atoms with Crippen LogP contribution < -0.4 is 0 Å². The summed E-state index contributed by atoms with van der Waals surface area (Å²) in [6.07, 6.45) is -4.86. The van der Waals surface area contributed by atoms with E-state index in [2.05, 4.69) is 0 Å². The summed E-state index contributed by atoms with van der Waals surface area (Å²) in [5, 5.41) is 56.0. The van der Waals surface area contributed by atoms with Gasteiger partial charge in [0.05, 0.1) is 6.61 Å². The summed E-state index contributed by atoms with van der Waals surface area (Å²) < 4.78 is 4.78. The largest absolute Gasteiger partial charge is 0.508 e. The van der Waals surface area contributed by atoms with E-state index in [1.54, 1.807) is 6.92 Å². The van der Waals surface area contributed by atoms with Crippen molar-refractivity contribution in [3.63, 3.8) is 0 Å². The van der Waals surface area contributed by atoms with E-state index in [0.717, 1.165) is 6.07 Å². The van der Waals surface area contributed by atoms with Crippen molar-refractivity contribution in [1.29, 1.82) is 0 Å². The lowest BCUT2D eigenvalue weighted by molar-refractivity contribution is -0.0925. The minimum atomic E-state index is -1.69. The van der Waals surface area contributed by atoms with Gasteiger partial charge < -0.3 is 35.4 Å². The van der Waals surface area contributed by atoms with E-state index in [4.69, 9.17) is 14.9 Å². The maximum atomic E-state index is 11.9. The zero-order chi connectivity index (χ0) is 17.0. The molecule has 0 unspecified atom stereocenters. The molecule has 0 amide bonds. The second-order valence-corrected chi connectivity index (χ2v) is 4.95. The minimum Gasteiger partial charge on any atom is -0.508 e. The predicted octanol–water partition coefficient (Wildman–Crippen LogP) is -1.05. The van der Waals surface area contributed by atoms with Gasteiger partial charge in [0.2, 0.25) is 0 Å². The molecule has 0 aromatic heterocycles. The van der Waals surface area contributed by atoms with Gasteiger partial charge in [-0.25, -0.2) is 4.79 Å². The lowest BCUT2D eigenvalue weighted by atomic mass is 10.0. The molecule has 0 radical (unpaired) electrons. The molecule has 0 saturated heterocycles. The van der Waals surface area contributed by atoms with Gasteiger partial charge in [-0.15, -0.1) is 0 Å². The Morgan fingerprint density at radius 2 is 1.68 bits per heavy atom. The van der Waals surface area contributed by atoms with Crippen LogP contribution in [-0.2, 0) is 4.74 Å². The number of phenolic OH excluding ortho intramolecular Hbond substituents is 2. The van der Waals surface area contributed by atoms with Crippen molar-refractivity contribution < 1.29 is 40.2 Å². The highest BCUT2D eigenvalue weighted by Crippen LogP contribution is 2.31. The molecule has 0 aliphatic carbocycles. The maximum absolute atomic E-state index is 11.9. The van der Waals surface area contributed by atoms with E-state index in [0.29, 0.717) is 11.1 Å². The van der Waals surface area contributed by atoms with Gasteiger partial charge in [-0.2, -0.15) is 0 Å². The van der Waals surface area contributed by atoms with E-state index in [1.165, 1.54) is 6.92 Å². The molecule has 6 N–H and O–H groups in total. The molecule has 3 atom stereocenters. The van der Waals surface area contributed by atoms with Gasteiger partial charge >= 0.3 is 5.97 Å². The molecule has 1 rings (SSSR count). The van der Waals surface area contributed by atoms with Gasteiger partial charge in [0.15, 0.2) is 0 Å². The van der Waals surface area contributed by atoms with Crippen molar-refractivity contribution in [1.82, 2.24) is 0 Å². The van der Waals surface area contributed by atoms with Gasteiger partial charge in [-0.3, -0.25) is 0 Å². The molecule has 0 heterocycles. The van der Waals surface area contributed by atoms with Gasteiger partial charge in [0, 0.05) is 6.07 Å². The van der Waals surface area contributed by atoms with Crippen LogP contribution in [0, 0.1) is 13.8 Å². The number of esters is 1. The Bertz CT molecular complexity index is 542. The highest BCUT2D eigenvalue weighted by atomic mass is 16.5. The average molecular weight is 316 g/mol. The molecule has 0 bridgehead atoms. The van der Waals surface area contributed by atoms with Crippen molar-refractivity contribution in [2.24, 2.45) is 0 Å². The van der Waals surface area contributed by atoms with E-state index < -0.39 is 43.2 Å². The van der Waals surface area contributed by atoms with E-state index >= 15 is 0 Å². The monoisotopic (exact) mass is 316 g/mol. The molecular formula is C14H20O8. The molecule has 1 aromatic carbocycles. The lowest BCUT2D eigenvalue weighted by Gasteiger charge is -2.21. The van der Waals surface area contributed by atoms with Crippen molar-refractivity contribution in [3.8, 4) is 11.5 Å². The lowest BCUT2D eigenvalue weighted by Crippen LogP contribution is -2.42. The van der Waals surface area contributed by atoms with Crippen LogP contribution in [0.25, 0.3) is 0 Å². The summed E-state index contributed by atoms with van der Waals surface area (Å²) in [6, 6.07) is 1.000. The molecule has 8 heteroatoms. The number of aliphatic hydroxyl groups is 4. The Kier molecular flexibility index (Phi) is 6.12. The molecule has 0 saturated carbocycles. The first kappa shape index (κ1) is 18.2. The summed E-state index contributed by atoms with van der Waals surface area (Å²) in [4.78, 5) is 11.9. The number of ether oxygens (including phenoxy) is 1. The molecule has 124 valence electrons. The number of carbonyl (C=O) groups is 1. The maximum Gasteiger partial charge on any atom is 0.342 e. The topological polar surface area (TPSA) is 148 Å². The number of phenols is 2. The molecular weight excluding hydrogens is 296 g/mol. The highest BCUT2D eigenvalue weighted by molar-refractivity contribution is 5.94. The van der Waals surface area contributed by atoms with Gasteiger partial charge in [0.25, 0.3) is 0 Å². The predicted molar refractivity (Wildman–Crippen MR) is 74.6 cm³/mol. The SMILES string of the molecule is Cc1c(O)cc(O)c(C(=O)OC[C@@H](O)[C@H](O)[C@H](O)CO)c1C. The van der Waals surface area contributed by atoms with Crippen molar-refractivity contribution in [2.75, 3.05) is 13.2 Å². The normalized spacial score (nSPS) is 15.2. The molecule has 0 fully saturated rings. The Balaban J connectivity index is 2.81. The van der Waals surface area contributed by atoms with Gasteiger partial charge in [-0.1, -0.05) is 0 Å². The fourth-order valence-corrected chi connectivity index (χ4v) is 1.84. The molecule has 0 aliphatic rings. The Morgan fingerprint density at radius 3 is 2.23 bits per heavy atom. The second-order valence-electron chi connectivity index (χ2n) is 4.95. The first-order valence-corrected chi connectivity index (χ1v) is 6.55. The number of aliphatic hydroxyl groups excluding tert-OH is 4. The number of benzene rings is 1. The van der Waals surface area contributed by atoms with Crippen LogP contribution in [0.5, 0.6) is 11.5 Å². The quantitative estimate of drug-likeness (QED) is 0.364. The van der Waals surface area contributed by atoms with E-state index in [9.17, 15) is 25.2 Å². The summed E-state index contributed by atoms with van der Waals surface area (Å²) >= 11 is 0. The number of carbonyl (C=O) groups excluding carboxylic acids is 1. The smallest absolute Gasteiger partial charge is 0.342 e. The van der Waals surface area contributed by atoms with Crippen LogP contribution in [0.1, 0.15) is 21.5 Å². The molecule has 0 aliphatic heterocycles. The third-order valence-electron chi connectivity index (χ3n) is 3.42. The van der Waals surface area contributed by atoms with Crippen LogP contribution in [-0.4, -0.2) is 68.1 Å². The Morgan fingerprint density at radius 1 is 1.09 bits per heavy atom. The van der Waals surface area contributed by atoms with E-state index in [1.807, 2.05) is 0 Å². The van der Waals surface area contributed by atoms with Crippen LogP contribution >= 0.6 is 0 Å². The Hall–Kier alpha value is -1.87. The summed E-state index contributed by atoms with van der Waals surface area (Å²) in [5.41, 5.74) is 0.536. The fraction of sp³-hybridized carbons (Fsp3) is 0.500. The Labute approximate surface area is 126 Å². The standard InChI is InChI=1S/C14H20O8/c1-6-7(2)12(9(17)3-8(6)16)14(21)22-5-11(19)13(20)10(18)4-15/h3,10-11,13,15-20H,4-5H2,1-2H3/t10-,11-,13-/m1/s1. The van der Waals surface area contributed by atoms with Crippen molar-refractivity contribution in [2.45, 2.75) is 32.2 Å². The van der Waals surface area contributed by atoms with Crippen LogP contribution in [0.15, 0.2) is 6.07 Å². The molecule has 0 spiro atoms. The third kappa shape index (κ3) is 3.86. The van der Waals surface area contributed by atoms with E-state index in [-0.39, 0.29) is 11.3 Å². The second kappa shape index (κ2) is 7.41. The molecule has 1 aromatic rings. The summed E-state index contributed by atoms with van der Waals surface area (Å²) in [5.74, 6) is -1.60.